The first-order chi connectivity index (χ1) is 9.90. The monoisotopic (exact) mass is 295 g/mol. The van der Waals surface area contributed by atoms with E-state index < -0.39 is 17.6 Å². The number of ether oxygens (including phenoxy) is 1. The van der Waals surface area contributed by atoms with Crippen LogP contribution in [0.25, 0.3) is 0 Å². The van der Waals surface area contributed by atoms with Crippen molar-refractivity contribution in [3.63, 3.8) is 0 Å². The van der Waals surface area contributed by atoms with E-state index in [1.54, 1.807) is 24.3 Å². The molecule has 110 valence electrons. The number of hydrogen-bond donors (Lipinski definition) is 1. The minimum atomic E-state index is -4.39. The maximum atomic E-state index is 12.4. The minimum Gasteiger partial charge on any atom is -0.497 e. The fourth-order valence-corrected chi connectivity index (χ4v) is 1.69. The summed E-state index contributed by atoms with van der Waals surface area (Å²) in [7, 11) is 1.51. The number of methoxy groups -OCH3 is 1. The molecule has 0 spiro atoms. The van der Waals surface area contributed by atoms with Crippen LogP contribution in [0.2, 0.25) is 0 Å². The molecular weight excluding hydrogens is 283 g/mol. The third kappa shape index (κ3) is 3.75. The highest BCUT2D eigenvalue weighted by Gasteiger charge is 2.29. The molecule has 21 heavy (non-hydrogen) atoms. The van der Waals surface area contributed by atoms with Crippen molar-refractivity contribution in [2.45, 2.75) is 6.18 Å². The van der Waals surface area contributed by atoms with Crippen LogP contribution in [-0.2, 0) is 6.18 Å². The van der Waals surface area contributed by atoms with E-state index in [0.717, 1.165) is 12.1 Å². The van der Waals surface area contributed by atoms with Gasteiger partial charge in [0.2, 0.25) is 0 Å². The zero-order valence-corrected chi connectivity index (χ0v) is 11.1. The largest absolute Gasteiger partial charge is 0.497 e. The number of amides is 1. The molecule has 0 heterocycles. The van der Waals surface area contributed by atoms with E-state index in [2.05, 4.69) is 5.32 Å². The van der Waals surface area contributed by atoms with Gasteiger partial charge in [-0.05, 0) is 48.5 Å². The average molecular weight is 295 g/mol. The molecule has 1 N–H and O–H groups in total. The van der Waals surface area contributed by atoms with Gasteiger partial charge in [0.15, 0.2) is 0 Å². The topological polar surface area (TPSA) is 38.3 Å². The predicted octanol–water partition coefficient (Wildman–Crippen LogP) is 3.97. The Morgan fingerprint density at radius 2 is 1.57 bits per heavy atom. The Morgan fingerprint density at radius 1 is 1.00 bits per heavy atom. The number of halogens is 3. The van der Waals surface area contributed by atoms with E-state index in [9.17, 15) is 18.0 Å². The molecule has 0 aliphatic carbocycles. The van der Waals surface area contributed by atoms with Gasteiger partial charge in [-0.25, -0.2) is 0 Å². The standard InChI is InChI=1S/C15H12F3NO2/c1-21-13-8-2-10(3-9-13)14(20)19-12-6-4-11(5-7-12)15(16,17)18/h2-9H,1H3,(H,19,20). The van der Waals surface area contributed by atoms with Crippen LogP contribution in [0.15, 0.2) is 48.5 Å². The zero-order chi connectivity index (χ0) is 15.5. The fraction of sp³-hybridized carbons (Fsp3) is 0.133. The second kappa shape index (κ2) is 5.87. The Morgan fingerprint density at radius 3 is 2.05 bits per heavy atom. The smallest absolute Gasteiger partial charge is 0.416 e. The van der Waals surface area contributed by atoms with Crippen LogP contribution in [0.4, 0.5) is 18.9 Å². The molecule has 3 nitrogen and oxygen atoms in total. The molecule has 0 saturated heterocycles. The van der Waals surface area contributed by atoms with Gasteiger partial charge in [-0.3, -0.25) is 4.79 Å². The first kappa shape index (κ1) is 14.9. The van der Waals surface area contributed by atoms with Gasteiger partial charge in [0.25, 0.3) is 5.91 Å². The number of anilines is 1. The van der Waals surface area contributed by atoms with Gasteiger partial charge in [0.05, 0.1) is 12.7 Å². The van der Waals surface area contributed by atoms with Gasteiger partial charge in [0.1, 0.15) is 5.75 Å². The van der Waals surface area contributed by atoms with Gasteiger partial charge in [-0.1, -0.05) is 0 Å². The summed E-state index contributed by atoms with van der Waals surface area (Å²) >= 11 is 0. The number of alkyl halides is 3. The predicted molar refractivity (Wildman–Crippen MR) is 72.4 cm³/mol. The average Bonchev–Trinajstić information content (AvgIpc) is 2.47. The van der Waals surface area contributed by atoms with Crippen LogP contribution in [0.5, 0.6) is 5.75 Å². The lowest BCUT2D eigenvalue weighted by atomic mass is 10.1. The summed E-state index contributed by atoms with van der Waals surface area (Å²) in [6.45, 7) is 0. The van der Waals surface area contributed by atoms with Gasteiger partial charge in [-0.15, -0.1) is 0 Å². The summed E-state index contributed by atoms with van der Waals surface area (Å²) in [4.78, 5) is 11.9. The Balaban J connectivity index is 2.08. The highest BCUT2D eigenvalue weighted by Crippen LogP contribution is 2.29. The molecule has 2 aromatic rings. The van der Waals surface area contributed by atoms with Crippen LogP contribution in [0.3, 0.4) is 0 Å². The maximum absolute atomic E-state index is 12.4. The van der Waals surface area contributed by atoms with E-state index in [0.29, 0.717) is 17.0 Å². The van der Waals surface area contributed by atoms with Crippen molar-refractivity contribution in [1.29, 1.82) is 0 Å². The van der Waals surface area contributed by atoms with Crippen LogP contribution in [0, 0.1) is 0 Å². The Bertz CT molecular complexity index is 619. The van der Waals surface area contributed by atoms with E-state index in [1.807, 2.05) is 0 Å². The molecule has 2 aromatic carbocycles. The molecule has 0 bridgehead atoms. The number of benzene rings is 2. The molecule has 0 saturated carbocycles. The van der Waals surface area contributed by atoms with Crippen molar-refractivity contribution in [2.24, 2.45) is 0 Å². The first-order valence-corrected chi connectivity index (χ1v) is 6.03. The fourth-order valence-electron chi connectivity index (χ4n) is 1.69. The summed E-state index contributed by atoms with van der Waals surface area (Å²) < 4.78 is 42.2. The first-order valence-electron chi connectivity index (χ1n) is 6.03. The summed E-state index contributed by atoms with van der Waals surface area (Å²) in [5.74, 6) is 0.207. The molecule has 0 aliphatic heterocycles. The Labute approximate surface area is 119 Å². The van der Waals surface area contributed by atoms with E-state index in [1.165, 1.54) is 19.2 Å². The highest BCUT2D eigenvalue weighted by molar-refractivity contribution is 6.04. The van der Waals surface area contributed by atoms with Crippen LogP contribution < -0.4 is 10.1 Å². The Hall–Kier alpha value is -2.50. The van der Waals surface area contributed by atoms with Crippen LogP contribution in [0.1, 0.15) is 15.9 Å². The molecule has 0 fully saturated rings. The lowest BCUT2D eigenvalue weighted by Crippen LogP contribution is -2.12. The third-order valence-electron chi connectivity index (χ3n) is 2.82. The van der Waals surface area contributed by atoms with Crippen molar-refractivity contribution in [3.8, 4) is 5.75 Å². The lowest BCUT2D eigenvalue weighted by Gasteiger charge is -2.09. The molecule has 1 amide bonds. The number of hydrogen-bond acceptors (Lipinski definition) is 2. The van der Waals surface area contributed by atoms with E-state index in [4.69, 9.17) is 4.74 Å². The van der Waals surface area contributed by atoms with Gasteiger partial charge in [0, 0.05) is 11.3 Å². The van der Waals surface area contributed by atoms with Crippen LogP contribution >= 0.6 is 0 Å². The van der Waals surface area contributed by atoms with Crippen LogP contribution in [-0.4, -0.2) is 13.0 Å². The van der Waals surface area contributed by atoms with Crippen molar-refractivity contribution < 1.29 is 22.7 Å². The van der Waals surface area contributed by atoms with Crippen molar-refractivity contribution in [2.75, 3.05) is 12.4 Å². The molecular formula is C15H12F3NO2. The molecule has 2 rings (SSSR count). The maximum Gasteiger partial charge on any atom is 0.416 e. The van der Waals surface area contributed by atoms with E-state index >= 15 is 0 Å². The molecule has 0 aliphatic rings. The minimum absolute atomic E-state index is 0.295. The summed E-state index contributed by atoms with van der Waals surface area (Å²) in [6.07, 6.45) is -4.39. The van der Waals surface area contributed by atoms with Gasteiger partial charge < -0.3 is 10.1 Å². The molecule has 0 radical (unpaired) electrons. The number of nitrogens with one attached hydrogen (secondary N) is 1. The third-order valence-corrected chi connectivity index (χ3v) is 2.82. The normalized spacial score (nSPS) is 11.0. The van der Waals surface area contributed by atoms with Crippen molar-refractivity contribution in [1.82, 2.24) is 0 Å². The SMILES string of the molecule is COc1ccc(C(=O)Nc2ccc(C(F)(F)F)cc2)cc1. The molecule has 0 aromatic heterocycles. The molecule has 0 unspecified atom stereocenters. The highest BCUT2D eigenvalue weighted by atomic mass is 19.4. The van der Waals surface area contributed by atoms with Crippen molar-refractivity contribution >= 4 is 11.6 Å². The number of carbonyl (C=O) groups is 1. The number of carbonyl (C=O) groups excluding carboxylic acids is 1. The quantitative estimate of drug-likeness (QED) is 0.930. The summed E-state index contributed by atoms with van der Waals surface area (Å²) in [5, 5.41) is 2.53. The van der Waals surface area contributed by atoms with E-state index in [-0.39, 0.29) is 0 Å². The summed E-state index contributed by atoms with van der Waals surface area (Å²) in [5.41, 5.74) is -0.0792. The van der Waals surface area contributed by atoms with Crippen molar-refractivity contribution in [3.05, 3.63) is 59.7 Å². The molecule has 6 heteroatoms. The second-order valence-electron chi connectivity index (χ2n) is 4.26. The zero-order valence-electron chi connectivity index (χ0n) is 11.1. The Kier molecular flexibility index (Phi) is 4.16. The molecule has 0 atom stereocenters. The summed E-state index contributed by atoms with van der Waals surface area (Å²) in [6, 6.07) is 10.7. The number of rotatable bonds is 3. The van der Waals surface area contributed by atoms with Gasteiger partial charge >= 0.3 is 6.18 Å². The van der Waals surface area contributed by atoms with Gasteiger partial charge in [-0.2, -0.15) is 13.2 Å². The lowest BCUT2D eigenvalue weighted by molar-refractivity contribution is -0.137. The second-order valence-corrected chi connectivity index (χ2v) is 4.26.